The fourth-order valence-corrected chi connectivity index (χ4v) is 2.13. The first-order chi connectivity index (χ1) is 9.86. The van der Waals surface area contributed by atoms with Crippen molar-refractivity contribution in [1.82, 2.24) is 20.6 Å². The predicted molar refractivity (Wildman–Crippen MR) is 71.2 cm³/mol. The highest BCUT2D eigenvalue weighted by Gasteiger charge is 2.34. The number of carbonyl (C=O) groups is 4. The number of hydrogen-bond donors (Lipinski definition) is 3. The minimum Gasteiger partial charge on any atom is -0.353 e. The summed E-state index contributed by atoms with van der Waals surface area (Å²) in [7, 11) is 2.66. The highest BCUT2D eigenvalue weighted by molar-refractivity contribution is 6.37. The Kier molecular flexibility index (Phi) is 6.25. The Morgan fingerprint density at radius 3 is 2.57 bits per heavy atom. The summed E-state index contributed by atoms with van der Waals surface area (Å²) in [5, 5.41) is 14.3. The highest BCUT2D eigenvalue weighted by atomic mass is 16.5. The molecule has 0 saturated carbocycles. The number of Topliss-reactive ketones (excluding diaryl/α,β-unsaturated/α-hetero) is 1. The Balaban J connectivity index is 2.54. The van der Waals surface area contributed by atoms with Gasteiger partial charge in [-0.1, -0.05) is 0 Å². The molecule has 1 heterocycles. The quantitative estimate of drug-likeness (QED) is 0.376. The van der Waals surface area contributed by atoms with Crippen molar-refractivity contribution in [3.05, 3.63) is 0 Å². The Labute approximate surface area is 122 Å². The summed E-state index contributed by atoms with van der Waals surface area (Å²) >= 11 is 0. The van der Waals surface area contributed by atoms with Crippen LogP contribution in [0.15, 0.2) is 0 Å². The average molecular weight is 300 g/mol. The molecule has 1 unspecified atom stereocenters. The number of nitrogens with one attached hydrogen (secondary N) is 2. The van der Waals surface area contributed by atoms with Gasteiger partial charge in [0.1, 0.15) is 12.6 Å². The molecule has 118 valence electrons. The molecule has 0 radical (unpaired) electrons. The molecule has 1 aliphatic rings. The van der Waals surface area contributed by atoms with E-state index in [9.17, 15) is 19.2 Å². The van der Waals surface area contributed by atoms with Gasteiger partial charge in [-0.05, 0) is 12.8 Å². The number of carbonyl (C=O) groups excluding carboxylic acids is 4. The van der Waals surface area contributed by atoms with Crippen LogP contribution in [0.5, 0.6) is 0 Å². The summed E-state index contributed by atoms with van der Waals surface area (Å²) in [6.07, 6.45) is 1.16. The smallest absolute Gasteiger partial charge is 0.289 e. The van der Waals surface area contributed by atoms with Crippen LogP contribution >= 0.6 is 0 Å². The minimum absolute atomic E-state index is 0.207. The van der Waals surface area contributed by atoms with E-state index in [-0.39, 0.29) is 12.5 Å². The van der Waals surface area contributed by atoms with E-state index >= 15 is 0 Å². The number of ketones is 1. The van der Waals surface area contributed by atoms with Crippen LogP contribution < -0.4 is 10.6 Å². The van der Waals surface area contributed by atoms with Gasteiger partial charge in [0.05, 0.1) is 6.54 Å². The molecule has 1 atom stereocenters. The van der Waals surface area contributed by atoms with E-state index in [4.69, 9.17) is 5.21 Å². The second-order valence-electron chi connectivity index (χ2n) is 4.78. The van der Waals surface area contributed by atoms with E-state index < -0.39 is 30.2 Å². The van der Waals surface area contributed by atoms with Crippen molar-refractivity contribution in [2.75, 3.05) is 33.7 Å². The van der Waals surface area contributed by atoms with E-state index in [1.165, 1.54) is 19.0 Å². The normalized spacial score (nSPS) is 17.7. The molecule has 0 spiro atoms. The molecule has 1 aliphatic heterocycles. The summed E-state index contributed by atoms with van der Waals surface area (Å²) in [6.45, 7) is -0.188. The van der Waals surface area contributed by atoms with Gasteiger partial charge in [0.25, 0.3) is 5.91 Å². The topological polar surface area (TPSA) is 119 Å². The number of likely N-dealkylation sites (tertiary alicyclic amines) is 1. The Morgan fingerprint density at radius 1 is 1.33 bits per heavy atom. The Bertz CT molecular complexity index is 437. The lowest BCUT2D eigenvalue weighted by atomic mass is 10.2. The van der Waals surface area contributed by atoms with E-state index in [0.29, 0.717) is 19.4 Å². The van der Waals surface area contributed by atoms with Gasteiger partial charge in [-0.15, -0.1) is 0 Å². The van der Waals surface area contributed by atoms with Crippen molar-refractivity contribution < 1.29 is 24.4 Å². The summed E-state index contributed by atoms with van der Waals surface area (Å²) in [5.41, 5.74) is 0. The molecule has 9 heteroatoms. The van der Waals surface area contributed by atoms with Crippen LogP contribution in [0, 0.1) is 0 Å². The zero-order valence-corrected chi connectivity index (χ0v) is 12.1. The average Bonchev–Trinajstić information content (AvgIpc) is 2.92. The summed E-state index contributed by atoms with van der Waals surface area (Å²) in [4.78, 5) is 47.6. The molecule has 3 N–H and O–H groups in total. The molecule has 0 aromatic rings. The molecule has 21 heavy (non-hydrogen) atoms. The maximum Gasteiger partial charge on any atom is 0.289 e. The largest absolute Gasteiger partial charge is 0.353 e. The van der Waals surface area contributed by atoms with Crippen molar-refractivity contribution in [3.8, 4) is 0 Å². The molecule has 0 bridgehead atoms. The summed E-state index contributed by atoms with van der Waals surface area (Å²) < 4.78 is 0. The zero-order valence-electron chi connectivity index (χ0n) is 12.1. The first-order valence-corrected chi connectivity index (χ1v) is 6.59. The summed E-state index contributed by atoms with van der Waals surface area (Å²) in [6, 6.07) is -0.671. The minimum atomic E-state index is -0.781. The fourth-order valence-electron chi connectivity index (χ4n) is 2.13. The number of hydrogen-bond acceptors (Lipinski definition) is 6. The monoisotopic (exact) mass is 300 g/mol. The molecule has 1 fully saturated rings. The maximum atomic E-state index is 12.0. The lowest BCUT2D eigenvalue weighted by Gasteiger charge is -2.24. The molecule has 0 aromatic carbocycles. The van der Waals surface area contributed by atoms with Crippen molar-refractivity contribution in [1.29, 1.82) is 0 Å². The van der Waals surface area contributed by atoms with Crippen LogP contribution in [0.2, 0.25) is 0 Å². The van der Waals surface area contributed by atoms with E-state index in [2.05, 4.69) is 10.6 Å². The second-order valence-corrected chi connectivity index (χ2v) is 4.78. The van der Waals surface area contributed by atoms with Crippen molar-refractivity contribution in [2.45, 2.75) is 18.9 Å². The SMILES string of the molecule is CNC(=O)C(=O)CNC(=O)C1CCCN1C(=O)CN(C)O. The number of amides is 3. The number of nitrogens with zero attached hydrogens (tertiary/aromatic N) is 2. The third kappa shape index (κ3) is 4.80. The molecule has 1 rings (SSSR count). The molecular formula is C12H20N4O5. The highest BCUT2D eigenvalue weighted by Crippen LogP contribution is 2.17. The van der Waals surface area contributed by atoms with Crippen molar-refractivity contribution >= 4 is 23.5 Å². The summed E-state index contributed by atoms with van der Waals surface area (Å²) in [5.74, 6) is -2.37. The van der Waals surface area contributed by atoms with E-state index in [1.807, 2.05) is 0 Å². The van der Waals surface area contributed by atoms with E-state index in [0.717, 1.165) is 5.06 Å². The third-order valence-corrected chi connectivity index (χ3v) is 3.14. The Morgan fingerprint density at radius 2 is 2.00 bits per heavy atom. The number of likely N-dealkylation sites (N-methyl/N-ethyl adjacent to an activating group) is 2. The van der Waals surface area contributed by atoms with Gasteiger partial charge in [-0.25, -0.2) is 0 Å². The molecule has 9 nitrogen and oxygen atoms in total. The molecule has 0 aromatic heterocycles. The van der Waals surface area contributed by atoms with Crippen molar-refractivity contribution in [2.24, 2.45) is 0 Å². The van der Waals surface area contributed by atoms with Crippen LogP contribution in [-0.2, 0) is 19.2 Å². The van der Waals surface area contributed by atoms with Crippen LogP contribution in [0.3, 0.4) is 0 Å². The predicted octanol–water partition coefficient (Wildman–Crippen LogP) is -2.27. The van der Waals surface area contributed by atoms with Gasteiger partial charge in [0.2, 0.25) is 17.6 Å². The van der Waals surface area contributed by atoms with Gasteiger partial charge in [0.15, 0.2) is 0 Å². The van der Waals surface area contributed by atoms with Crippen LogP contribution in [-0.4, -0.2) is 78.4 Å². The van der Waals surface area contributed by atoms with Crippen molar-refractivity contribution in [3.63, 3.8) is 0 Å². The molecule has 0 aliphatic carbocycles. The second kappa shape index (κ2) is 7.70. The van der Waals surface area contributed by atoms with Gasteiger partial charge < -0.3 is 20.7 Å². The zero-order chi connectivity index (χ0) is 16.0. The number of rotatable bonds is 6. The lowest BCUT2D eigenvalue weighted by Crippen LogP contribution is -2.50. The van der Waals surface area contributed by atoms with Crippen LogP contribution in [0.1, 0.15) is 12.8 Å². The number of hydroxylamine groups is 2. The maximum absolute atomic E-state index is 12.0. The van der Waals surface area contributed by atoms with E-state index in [1.54, 1.807) is 0 Å². The van der Waals surface area contributed by atoms with Crippen LogP contribution in [0.4, 0.5) is 0 Å². The van der Waals surface area contributed by atoms with Gasteiger partial charge in [-0.3, -0.25) is 19.2 Å². The van der Waals surface area contributed by atoms with Crippen LogP contribution in [0.25, 0.3) is 0 Å². The first kappa shape index (κ1) is 17.1. The molecular weight excluding hydrogens is 280 g/mol. The standard InChI is InChI=1S/C12H20N4O5/c1-13-12(20)9(17)6-14-11(19)8-4-3-5-16(8)10(18)7-15(2)21/h8,21H,3-7H2,1-2H3,(H,13,20)(H,14,19). The Hall–Kier alpha value is -2.00. The molecule has 1 saturated heterocycles. The van der Waals surface area contributed by atoms with Gasteiger partial charge in [0, 0.05) is 20.6 Å². The molecule has 3 amide bonds. The lowest BCUT2D eigenvalue weighted by molar-refractivity contribution is -0.147. The first-order valence-electron chi connectivity index (χ1n) is 6.59. The van der Waals surface area contributed by atoms with Gasteiger partial charge in [-0.2, -0.15) is 5.06 Å². The van der Waals surface area contributed by atoms with Gasteiger partial charge >= 0.3 is 0 Å². The third-order valence-electron chi connectivity index (χ3n) is 3.14. The fraction of sp³-hybridized carbons (Fsp3) is 0.667.